The molecule has 5 rings (SSSR count). The molecule has 0 radical (unpaired) electrons. The summed E-state index contributed by atoms with van der Waals surface area (Å²) in [5, 5.41) is 44.5. The molecular weight excluding hydrogens is 678 g/mol. The predicted molar refractivity (Wildman–Crippen MR) is 199 cm³/mol. The highest BCUT2D eigenvalue weighted by Gasteiger charge is 2.15. The van der Waals surface area contributed by atoms with E-state index in [4.69, 9.17) is 30.9 Å². The monoisotopic (exact) mass is 717 g/mol. The molecule has 0 unspecified atom stereocenters. The number of halogens is 1. The van der Waals surface area contributed by atoms with E-state index >= 15 is 0 Å². The van der Waals surface area contributed by atoms with E-state index in [1.807, 2.05) is 61.5 Å². The second-order valence-corrected chi connectivity index (χ2v) is 12.4. The smallest absolute Gasteiger partial charge is 0.142 e. The summed E-state index contributed by atoms with van der Waals surface area (Å²) in [4.78, 5) is 4.10. The van der Waals surface area contributed by atoms with Gasteiger partial charge < -0.3 is 35.1 Å². The minimum Gasteiger partial charge on any atom is -0.489 e. The maximum absolute atomic E-state index is 10.3. The van der Waals surface area contributed by atoms with E-state index in [0.717, 1.165) is 44.7 Å². The largest absolute Gasteiger partial charge is 0.489 e. The Labute approximate surface area is 308 Å². The van der Waals surface area contributed by atoms with Crippen LogP contribution in [-0.2, 0) is 32.9 Å². The van der Waals surface area contributed by atoms with Crippen molar-refractivity contribution in [3.63, 3.8) is 0 Å². The van der Waals surface area contributed by atoms with Crippen LogP contribution in [0.15, 0.2) is 91.3 Å². The number of nitrogens with one attached hydrogen (secondary N) is 2. The fourth-order valence-corrected chi connectivity index (χ4v) is 5.82. The highest BCUT2D eigenvalue weighted by Crippen LogP contribution is 2.35. The highest BCUT2D eigenvalue weighted by molar-refractivity contribution is 6.32. The van der Waals surface area contributed by atoms with Gasteiger partial charge in [0.15, 0.2) is 0 Å². The Kier molecular flexibility index (Phi) is 14.0. The van der Waals surface area contributed by atoms with Gasteiger partial charge in [-0.3, -0.25) is 4.98 Å². The SMILES string of the molecule is Cc1cc(CNCCO)ccc1OCc1cccc(-c2cccc(COc3cc(OCc4cncc(C#N)c4)c(CNCCO)cc3Cl)c2C#N)c1. The molecule has 0 aliphatic carbocycles. The van der Waals surface area contributed by atoms with E-state index in [9.17, 15) is 15.6 Å². The zero-order valence-corrected chi connectivity index (χ0v) is 29.6. The lowest BCUT2D eigenvalue weighted by Crippen LogP contribution is -2.18. The fourth-order valence-electron chi connectivity index (χ4n) is 5.58. The molecule has 5 aromatic rings. The molecular formula is C41H40ClN5O5. The third-order valence-electron chi connectivity index (χ3n) is 8.17. The number of rotatable bonds is 18. The third-order valence-corrected chi connectivity index (χ3v) is 8.47. The summed E-state index contributed by atoms with van der Waals surface area (Å²) in [5.74, 6) is 1.69. The first-order chi connectivity index (χ1) is 25.4. The van der Waals surface area contributed by atoms with Crippen LogP contribution in [0.1, 0.15) is 44.5 Å². The summed E-state index contributed by atoms with van der Waals surface area (Å²) in [6.07, 6.45) is 3.12. The second kappa shape index (κ2) is 19.2. The van der Waals surface area contributed by atoms with Crippen LogP contribution < -0.4 is 24.8 Å². The standard InChI is InChI=1S/C41H40ClN5O5/c1-28-14-29(21-45-10-12-48)8-9-39(28)50-25-30-4-2-5-33(16-30)36-7-3-6-34(37(36)20-44)27-52-41-18-40(35(17-38(41)42)24-46-11-13-49)51-26-32-15-31(19-43)22-47-23-32/h2-9,14-18,22-23,45-46,48-49H,10-13,21,24-27H2,1H3. The Bertz CT molecular complexity index is 2060. The summed E-state index contributed by atoms with van der Waals surface area (Å²) < 4.78 is 18.5. The van der Waals surface area contributed by atoms with Crippen molar-refractivity contribution < 1.29 is 24.4 Å². The first-order valence-electron chi connectivity index (χ1n) is 16.8. The minimum absolute atomic E-state index is 0.0177. The number of benzene rings is 4. The van der Waals surface area contributed by atoms with Crippen LogP contribution >= 0.6 is 11.6 Å². The van der Waals surface area contributed by atoms with Crippen LogP contribution in [0.3, 0.4) is 0 Å². The summed E-state index contributed by atoms with van der Waals surface area (Å²) in [6.45, 7) is 4.70. The van der Waals surface area contributed by atoms with E-state index in [1.54, 1.807) is 24.4 Å². The highest BCUT2D eigenvalue weighted by atomic mass is 35.5. The number of aliphatic hydroxyl groups is 2. The van der Waals surface area contributed by atoms with Crippen LogP contribution in [0.2, 0.25) is 5.02 Å². The molecule has 0 aliphatic heterocycles. The molecule has 11 heteroatoms. The lowest BCUT2D eigenvalue weighted by molar-refractivity contribution is 0.282. The van der Waals surface area contributed by atoms with Crippen molar-refractivity contribution in [3.05, 3.63) is 141 Å². The molecule has 266 valence electrons. The van der Waals surface area contributed by atoms with Crippen molar-refractivity contribution in [2.75, 3.05) is 26.3 Å². The Morgan fingerprint density at radius 2 is 1.44 bits per heavy atom. The molecule has 0 atom stereocenters. The maximum Gasteiger partial charge on any atom is 0.142 e. The Balaban J connectivity index is 1.31. The maximum atomic E-state index is 10.3. The van der Waals surface area contributed by atoms with E-state index in [2.05, 4.69) is 33.8 Å². The van der Waals surface area contributed by atoms with Crippen molar-refractivity contribution in [1.82, 2.24) is 15.6 Å². The number of nitriles is 2. The molecule has 0 aliphatic rings. The van der Waals surface area contributed by atoms with Crippen LogP contribution in [0.5, 0.6) is 17.2 Å². The van der Waals surface area contributed by atoms with Gasteiger partial charge >= 0.3 is 0 Å². The molecule has 1 heterocycles. The van der Waals surface area contributed by atoms with Crippen molar-refractivity contribution in [1.29, 1.82) is 10.5 Å². The normalized spacial score (nSPS) is 10.7. The van der Waals surface area contributed by atoms with Crippen LogP contribution in [0.25, 0.3) is 11.1 Å². The third kappa shape index (κ3) is 10.3. The second-order valence-electron chi connectivity index (χ2n) is 12.0. The van der Waals surface area contributed by atoms with Crippen LogP contribution in [0, 0.1) is 29.6 Å². The summed E-state index contributed by atoms with van der Waals surface area (Å²) in [6, 6.07) is 29.3. The average Bonchev–Trinajstić information content (AvgIpc) is 3.17. The van der Waals surface area contributed by atoms with Gasteiger partial charge in [-0.05, 0) is 59.0 Å². The van der Waals surface area contributed by atoms with Gasteiger partial charge in [-0.25, -0.2) is 0 Å². The number of aromatic nitrogens is 1. The molecule has 0 fully saturated rings. The van der Waals surface area contributed by atoms with Gasteiger partial charge in [0.2, 0.25) is 0 Å². The number of hydrogen-bond donors (Lipinski definition) is 4. The molecule has 0 saturated carbocycles. The topological polar surface area (TPSA) is 153 Å². The van der Waals surface area contributed by atoms with Crippen molar-refractivity contribution in [2.45, 2.75) is 39.8 Å². The summed E-state index contributed by atoms with van der Waals surface area (Å²) >= 11 is 6.68. The van der Waals surface area contributed by atoms with Gasteiger partial charge in [0, 0.05) is 61.3 Å². The van der Waals surface area contributed by atoms with Crippen LogP contribution in [0.4, 0.5) is 0 Å². The van der Waals surface area contributed by atoms with Crippen molar-refractivity contribution >= 4 is 11.6 Å². The zero-order chi connectivity index (χ0) is 36.7. The quantitative estimate of drug-likeness (QED) is 0.0754. The van der Waals surface area contributed by atoms with Crippen molar-refractivity contribution in [2.24, 2.45) is 0 Å². The van der Waals surface area contributed by atoms with E-state index in [0.29, 0.717) is 66.0 Å². The number of hydrogen-bond acceptors (Lipinski definition) is 10. The molecule has 4 aromatic carbocycles. The summed E-state index contributed by atoms with van der Waals surface area (Å²) in [7, 11) is 0. The predicted octanol–water partition coefficient (Wildman–Crippen LogP) is 6.35. The molecule has 1 aromatic heterocycles. The van der Waals surface area contributed by atoms with Gasteiger partial charge in [-0.2, -0.15) is 10.5 Å². The van der Waals surface area contributed by atoms with E-state index in [1.165, 1.54) is 6.20 Å². The molecule has 10 nitrogen and oxygen atoms in total. The van der Waals surface area contributed by atoms with Gasteiger partial charge in [0.25, 0.3) is 0 Å². The summed E-state index contributed by atoms with van der Waals surface area (Å²) in [5.41, 5.74) is 7.85. The van der Waals surface area contributed by atoms with Gasteiger partial charge in [-0.15, -0.1) is 0 Å². The first kappa shape index (κ1) is 37.8. The molecule has 0 saturated heterocycles. The molecule has 4 N–H and O–H groups in total. The zero-order valence-electron chi connectivity index (χ0n) is 28.9. The average molecular weight is 718 g/mol. The number of pyridine rings is 1. The van der Waals surface area contributed by atoms with Gasteiger partial charge in [0.1, 0.15) is 49.2 Å². The molecule has 52 heavy (non-hydrogen) atoms. The van der Waals surface area contributed by atoms with Gasteiger partial charge in [0.05, 0.1) is 29.4 Å². The number of nitrogens with zero attached hydrogens (tertiary/aromatic N) is 3. The van der Waals surface area contributed by atoms with E-state index in [-0.39, 0.29) is 26.4 Å². The Morgan fingerprint density at radius 1 is 0.692 bits per heavy atom. The molecule has 0 amide bonds. The van der Waals surface area contributed by atoms with Gasteiger partial charge in [-0.1, -0.05) is 60.1 Å². The minimum atomic E-state index is -0.0177. The van der Waals surface area contributed by atoms with Crippen molar-refractivity contribution in [3.8, 4) is 40.5 Å². The number of aryl methyl sites for hydroxylation is 1. The fraction of sp³-hybridized carbons (Fsp3) is 0.244. The first-order valence-corrected chi connectivity index (χ1v) is 17.2. The molecule has 0 spiro atoms. The number of aliphatic hydroxyl groups excluding tert-OH is 2. The Hall–Kier alpha value is -5.46. The Morgan fingerprint density at radius 3 is 2.21 bits per heavy atom. The van der Waals surface area contributed by atoms with E-state index < -0.39 is 0 Å². The van der Waals surface area contributed by atoms with Crippen LogP contribution in [-0.4, -0.2) is 41.5 Å². The lowest BCUT2D eigenvalue weighted by Gasteiger charge is -2.17. The number of ether oxygens (including phenoxy) is 3. The molecule has 0 bridgehead atoms. The lowest BCUT2D eigenvalue weighted by atomic mass is 9.95.